The predicted molar refractivity (Wildman–Crippen MR) is 102 cm³/mol. The molecule has 0 saturated heterocycles. The highest BCUT2D eigenvalue weighted by Gasteiger charge is 2.31. The van der Waals surface area contributed by atoms with E-state index in [0.717, 1.165) is 24.2 Å². The number of carbonyl (C=O) groups is 1. The zero-order valence-electron chi connectivity index (χ0n) is 14.4. The van der Waals surface area contributed by atoms with Crippen LogP contribution in [0, 0.1) is 5.82 Å². The van der Waals surface area contributed by atoms with Gasteiger partial charge in [-0.25, -0.2) is 9.07 Å². The minimum atomic E-state index is -0.574. The van der Waals surface area contributed by atoms with Crippen LogP contribution in [-0.2, 0) is 4.79 Å². The Kier molecular flexibility index (Phi) is 4.81. The summed E-state index contributed by atoms with van der Waals surface area (Å²) in [6.07, 6.45) is 2.13. The summed E-state index contributed by atoms with van der Waals surface area (Å²) in [7, 11) is 0. The zero-order chi connectivity index (χ0) is 18.8. The summed E-state index contributed by atoms with van der Waals surface area (Å²) in [4.78, 5) is 12.9. The first-order chi connectivity index (χ1) is 13.1. The summed E-state index contributed by atoms with van der Waals surface area (Å²) in [5.41, 5.74) is 1.34. The molecule has 4 rings (SSSR count). The largest absolute Gasteiger partial charge is 0.336 e. The van der Waals surface area contributed by atoms with Crippen molar-refractivity contribution in [2.45, 2.75) is 29.2 Å². The number of aromatic nitrogens is 3. The van der Waals surface area contributed by atoms with Gasteiger partial charge in [0.1, 0.15) is 11.1 Å². The second kappa shape index (κ2) is 7.40. The van der Waals surface area contributed by atoms with Crippen molar-refractivity contribution in [2.75, 3.05) is 11.2 Å². The van der Waals surface area contributed by atoms with Gasteiger partial charge in [-0.3, -0.25) is 4.79 Å². The predicted octanol–water partition coefficient (Wildman–Crippen LogP) is 3.48. The van der Waals surface area contributed by atoms with Crippen LogP contribution in [0.4, 0.5) is 10.1 Å². The van der Waals surface area contributed by atoms with Gasteiger partial charge in [0, 0.05) is 11.6 Å². The van der Waals surface area contributed by atoms with Gasteiger partial charge in [0.05, 0.1) is 0 Å². The smallest absolute Gasteiger partial charge is 0.242 e. The normalized spacial score (nSPS) is 14.7. The Morgan fingerprint density at radius 1 is 1.15 bits per heavy atom. The molecule has 2 aromatic carbocycles. The van der Waals surface area contributed by atoms with Gasteiger partial charge in [-0.05, 0) is 42.7 Å². The molecule has 3 N–H and O–H groups in total. The quantitative estimate of drug-likeness (QED) is 0.503. The van der Waals surface area contributed by atoms with Crippen LogP contribution in [0.5, 0.6) is 0 Å². The SMILES string of the molecule is Nn1c(S[C@@H](C(=O)Nc2ccc(F)cc2)c2ccccc2)nnc1C1CC1. The van der Waals surface area contributed by atoms with E-state index in [1.165, 1.54) is 40.7 Å². The van der Waals surface area contributed by atoms with Crippen LogP contribution in [-0.4, -0.2) is 20.8 Å². The molecule has 1 aliphatic rings. The van der Waals surface area contributed by atoms with Gasteiger partial charge in [0.15, 0.2) is 5.82 Å². The molecule has 1 fully saturated rings. The molecule has 3 aromatic rings. The molecule has 0 spiro atoms. The highest BCUT2D eigenvalue weighted by molar-refractivity contribution is 8.00. The molecule has 1 heterocycles. The standard InChI is InChI=1S/C19H18FN5OS/c20-14-8-10-15(11-9-14)22-18(26)16(12-4-2-1-3-5-12)27-19-24-23-17(25(19)21)13-6-7-13/h1-5,8-11,13,16H,6-7,21H2,(H,22,26)/t16-/m1/s1. The number of benzene rings is 2. The maximum atomic E-state index is 13.1. The summed E-state index contributed by atoms with van der Waals surface area (Å²) in [6.45, 7) is 0. The van der Waals surface area contributed by atoms with Gasteiger partial charge in [-0.1, -0.05) is 42.1 Å². The zero-order valence-corrected chi connectivity index (χ0v) is 15.2. The maximum Gasteiger partial charge on any atom is 0.242 e. The van der Waals surface area contributed by atoms with Crippen molar-refractivity contribution in [3.8, 4) is 0 Å². The molecule has 1 atom stereocenters. The Hall–Kier alpha value is -2.87. The maximum absolute atomic E-state index is 13.1. The minimum absolute atomic E-state index is 0.242. The third kappa shape index (κ3) is 3.95. The highest BCUT2D eigenvalue weighted by Crippen LogP contribution is 2.41. The number of nitrogens with zero attached hydrogens (tertiary/aromatic N) is 3. The number of nitrogens with two attached hydrogens (primary N) is 1. The molecule has 27 heavy (non-hydrogen) atoms. The highest BCUT2D eigenvalue weighted by atomic mass is 32.2. The molecule has 138 valence electrons. The number of anilines is 1. The lowest BCUT2D eigenvalue weighted by atomic mass is 10.1. The Balaban J connectivity index is 1.59. The fourth-order valence-electron chi connectivity index (χ4n) is 2.74. The number of nitrogens with one attached hydrogen (secondary N) is 1. The van der Waals surface area contributed by atoms with Crippen molar-refractivity contribution in [1.29, 1.82) is 0 Å². The van der Waals surface area contributed by atoms with E-state index in [0.29, 0.717) is 16.8 Å². The molecule has 1 saturated carbocycles. The van der Waals surface area contributed by atoms with Crippen molar-refractivity contribution in [3.63, 3.8) is 0 Å². The fraction of sp³-hybridized carbons (Fsp3) is 0.211. The summed E-state index contributed by atoms with van der Waals surface area (Å²) < 4.78 is 14.6. The van der Waals surface area contributed by atoms with Crippen molar-refractivity contribution in [1.82, 2.24) is 14.9 Å². The number of carbonyl (C=O) groups excluding carboxylic acids is 1. The van der Waals surface area contributed by atoms with Crippen LogP contribution in [0.15, 0.2) is 59.8 Å². The molecule has 8 heteroatoms. The molecule has 0 bridgehead atoms. The molecular weight excluding hydrogens is 365 g/mol. The number of hydrogen-bond acceptors (Lipinski definition) is 5. The van der Waals surface area contributed by atoms with E-state index in [4.69, 9.17) is 5.84 Å². The number of nitrogen functional groups attached to an aromatic ring is 1. The Morgan fingerprint density at radius 2 is 1.85 bits per heavy atom. The van der Waals surface area contributed by atoms with E-state index >= 15 is 0 Å². The first-order valence-electron chi connectivity index (χ1n) is 8.60. The number of halogens is 1. The number of amides is 1. The van der Waals surface area contributed by atoms with E-state index in [9.17, 15) is 9.18 Å². The van der Waals surface area contributed by atoms with Crippen molar-refractivity contribution < 1.29 is 9.18 Å². The first-order valence-corrected chi connectivity index (χ1v) is 9.48. The summed E-state index contributed by atoms with van der Waals surface area (Å²) in [5, 5.41) is 11.1. The van der Waals surface area contributed by atoms with Crippen molar-refractivity contribution >= 4 is 23.4 Å². The van der Waals surface area contributed by atoms with Crippen LogP contribution in [0.2, 0.25) is 0 Å². The van der Waals surface area contributed by atoms with Gasteiger partial charge in [0.2, 0.25) is 11.1 Å². The number of hydrogen-bond donors (Lipinski definition) is 2. The van der Waals surface area contributed by atoms with E-state index in [1.807, 2.05) is 30.3 Å². The Labute approximate surface area is 160 Å². The fourth-order valence-corrected chi connectivity index (χ4v) is 3.70. The van der Waals surface area contributed by atoms with Crippen LogP contribution >= 0.6 is 11.8 Å². The van der Waals surface area contributed by atoms with Crippen LogP contribution in [0.25, 0.3) is 0 Å². The number of thioether (sulfide) groups is 1. The monoisotopic (exact) mass is 383 g/mol. The molecular formula is C19H18FN5OS. The average Bonchev–Trinajstić information content (AvgIpc) is 3.46. The van der Waals surface area contributed by atoms with E-state index in [-0.39, 0.29) is 11.7 Å². The molecule has 1 aromatic heterocycles. The van der Waals surface area contributed by atoms with E-state index in [1.54, 1.807) is 0 Å². The van der Waals surface area contributed by atoms with Crippen LogP contribution in [0.1, 0.15) is 35.4 Å². The third-order valence-corrected chi connectivity index (χ3v) is 5.52. The van der Waals surface area contributed by atoms with Gasteiger partial charge < -0.3 is 11.2 Å². The van der Waals surface area contributed by atoms with Gasteiger partial charge in [-0.15, -0.1) is 10.2 Å². The van der Waals surface area contributed by atoms with E-state index in [2.05, 4.69) is 15.5 Å². The molecule has 1 aliphatic carbocycles. The van der Waals surface area contributed by atoms with Crippen molar-refractivity contribution in [3.05, 3.63) is 71.8 Å². The average molecular weight is 383 g/mol. The Morgan fingerprint density at radius 3 is 2.52 bits per heavy atom. The first kappa shape index (κ1) is 17.5. The topological polar surface area (TPSA) is 85.8 Å². The summed E-state index contributed by atoms with van der Waals surface area (Å²) >= 11 is 1.24. The minimum Gasteiger partial charge on any atom is -0.336 e. The lowest BCUT2D eigenvalue weighted by molar-refractivity contribution is -0.115. The third-order valence-electron chi connectivity index (χ3n) is 4.31. The lowest BCUT2D eigenvalue weighted by Gasteiger charge is -2.16. The van der Waals surface area contributed by atoms with Gasteiger partial charge in [0.25, 0.3) is 0 Å². The van der Waals surface area contributed by atoms with E-state index < -0.39 is 5.25 Å². The number of rotatable bonds is 6. The summed E-state index contributed by atoms with van der Waals surface area (Å²) in [6, 6.07) is 15.0. The molecule has 0 radical (unpaired) electrons. The second-order valence-electron chi connectivity index (χ2n) is 6.39. The lowest BCUT2D eigenvalue weighted by Crippen LogP contribution is -2.20. The molecule has 6 nitrogen and oxygen atoms in total. The molecule has 1 amide bonds. The summed E-state index contributed by atoms with van der Waals surface area (Å²) in [5.74, 6) is 6.65. The Bertz CT molecular complexity index is 940. The van der Waals surface area contributed by atoms with Crippen LogP contribution in [0.3, 0.4) is 0 Å². The second-order valence-corrected chi connectivity index (χ2v) is 7.46. The molecule has 0 unspecified atom stereocenters. The molecule has 0 aliphatic heterocycles. The van der Waals surface area contributed by atoms with Crippen LogP contribution < -0.4 is 11.2 Å². The van der Waals surface area contributed by atoms with Gasteiger partial charge >= 0.3 is 0 Å². The van der Waals surface area contributed by atoms with Crippen molar-refractivity contribution in [2.24, 2.45) is 0 Å². The van der Waals surface area contributed by atoms with Gasteiger partial charge in [-0.2, -0.15) is 0 Å².